The van der Waals surface area contributed by atoms with Gasteiger partial charge in [0.25, 0.3) is 0 Å². The number of carbonyl (C=O) groups excluding carboxylic acids is 1. The van der Waals surface area contributed by atoms with Gasteiger partial charge in [-0.25, -0.2) is 18.6 Å². The zero-order chi connectivity index (χ0) is 41.0. The van der Waals surface area contributed by atoms with E-state index in [9.17, 15) is 35.5 Å². The van der Waals surface area contributed by atoms with Crippen molar-refractivity contribution < 1.29 is 58.9 Å². The number of aromatic nitrogens is 3. The van der Waals surface area contributed by atoms with Crippen molar-refractivity contribution in [2.75, 3.05) is 30.8 Å². The van der Waals surface area contributed by atoms with Crippen molar-refractivity contribution in [2.45, 2.75) is 115 Å². The first kappa shape index (κ1) is 40.0. The molecular formula is C35H38ClF8N7O5. The van der Waals surface area contributed by atoms with E-state index < -0.39 is 117 Å². The third-order valence-corrected chi connectivity index (χ3v) is 10.9. The standard InChI is InChI=1S/C35H38ClF8N7O5/c1-13(20-9-16(12-49(20)6)55-35(42,43)44)54-31-47-27-21-29(48-31)50-11-15-7-8-19(51(15)32(52)56-33(3,4)5)28(50)14(2)53-30(21)46-26(25(27)38)17-10-18(45)24(37)23(36)22(17)34(39,40)41/h10,13-16,19-20,28H,7-9,11-12,45H2,1-6H3/t13-,14-,15+,16+,19-,20-,28+/m0/s1. The van der Waals surface area contributed by atoms with Gasteiger partial charge in [0, 0.05) is 24.7 Å². The smallest absolute Gasteiger partial charge is 0.472 e. The molecule has 12 nitrogen and oxygen atoms in total. The lowest BCUT2D eigenvalue weighted by molar-refractivity contribution is -0.340. The summed E-state index contributed by atoms with van der Waals surface area (Å²) in [7, 11) is 1.57. The van der Waals surface area contributed by atoms with Crippen molar-refractivity contribution in [3.05, 3.63) is 28.3 Å². The number of alkyl halides is 6. The lowest BCUT2D eigenvalue weighted by atomic mass is 9.98. The molecular weight excluding hydrogens is 786 g/mol. The van der Waals surface area contributed by atoms with Crippen molar-refractivity contribution >= 4 is 40.1 Å². The number of benzene rings is 1. The number of rotatable bonds is 5. The van der Waals surface area contributed by atoms with Crippen LogP contribution in [-0.4, -0.2) is 105 Å². The number of pyridine rings is 1. The second-order valence-corrected chi connectivity index (χ2v) is 15.9. The van der Waals surface area contributed by atoms with Gasteiger partial charge in [-0.2, -0.15) is 23.1 Å². The largest absolute Gasteiger partial charge is 0.522 e. The number of anilines is 2. The molecule has 3 fully saturated rings. The number of hydrogen-bond acceptors (Lipinski definition) is 11. The molecule has 2 N–H and O–H groups in total. The van der Waals surface area contributed by atoms with E-state index in [0.29, 0.717) is 18.9 Å². The number of ether oxygens (including phenoxy) is 4. The third-order valence-electron chi connectivity index (χ3n) is 10.5. The molecule has 2 aromatic heterocycles. The third kappa shape index (κ3) is 7.16. The van der Waals surface area contributed by atoms with Crippen LogP contribution >= 0.6 is 11.6 Å². The summed E-state index contributed by atoms with van der Waals surface area (Å²) in [4.78, 5) is 31.7. The Morgan fingerprint density at radius 2 is 1.75 bits per heavy atom. The van der Waals surface area contributed by atoms with Crippen LogP contribution in [0.5, 0.6) is 11.9 Å². The number of likely N-dealkylation sites (N-methyl/N-ethyl adjacent to an activating group) is 1. The highest BCUT2D eigenvalue weighted by molar-refractivity contribution is 6.32. The number of nitrogen functional groups attached to an aromatic ring is 1. The summed E-state index contributed by atoms with van der Waals surface area (Å²) in [5.41, 5.74) is -0.233. The fourth-order valence-electron chi connectivity index (χ4n) is 8.41. The van der Waals surface area contributed by atoms with E-state index in [-0.39, 0.29) is 36.6 Å². The van der Waals surface area contributed by atoms with E-state index in [1.54, 1.807) is 56.4 Å². The molecule has 0 aliphatic carbocycles. The highest BCUT2D eigenvalue weighted by Crippen LogP contribution is 2.49. The van der Waals surface area contributed by atoms with Crippen LogP contribution in [0.15, 0.2) is 6.07 Å². The van der Waals surface area contributed by atoms with Gasteiger partial charge < -0.3 is 24.8 Å². The molecule has 3 saturated heterocycles. The van der Waals surface area contributed by atoms with Gasteiger partial charge in [0.15, 0.2) is 11.6 Å². The van der Waals surface area contributed by atoms with Crippen molar-refractivity contribution in [1.29, 1.82) is 0 Å². The maximum atomic E-state index is 17.0. The highest BCUT2D eigenvalue weighted by Gasteiger charge is 2.54. The van der Waals surface area contributed by atoms with Crippen LogP contribution in [0, 0.1) is 11.6 Å². The summed E-state index contributed by atoms with van der Waals surface area (Å²) in [6, 6.07) is -2.17. The normalized spacial score (nSPS) is 25.9. The van der Waals surface area contributed by atoms with Crippen LogP contribution < -0.4 is 20.1 Å². The molecule has 4 aliphatic rings. The first-order chi connectivity index (χ1) is 25.9. The second kappa shape index (κ2) is 13.7. The van der Waals surface area contributed by atoms with Crippen molar-refractivity contribution in [3.63, 3.8) is 0 Å². The molecule has 6 heterocycles. The number of amides is 1. The van der Waals surface area contributed by atoms with E-state index in [0.717, 1.165) is 0 Å². The summed E-state index contributed by atoms with van der Waals surface area (Å²) >= 11 is 5.84. The topological polar surface area (TPSA) is 128 Å². The van der Waals surface area contributed by atoms with Gasteiger partial charge in [0.05, 0.1) is 40.5 Å². The number of fused-ring (bicyclic) bond motifs is 5. The molecule has 0 spiro atoms. The fraction of sp³-hybridized carbons (Fsp3) is 0.600. The summed E-state index contributed by atoms with van der Waals surface area (Å²) < 4.78 is 137. The molecule has 0 unspecified atom stereocenters. The molecule has 1 amide bonds. The minimum atomic E-state index is -5.31. The van der Waals surface area contributed by atoms with Crippen LogP contribution in [0.4, 0.5) is 51.4 Å². The Bertz CT molecular complexity index is 2070. The predicted octanol–water partition coefficient (Wildman–Crippen LogP) is 7.34. The lowest BCUT2D eigenvalue weighted by Gasteiger charge is -2.48. The maximum Gasteiger partial charge on any atom is 0.522 e. The summed E-state index contributed by atoms with van der Waals surface area (Å²) in [5, 5.41) is -1.53. The molecule has 3 aromatic rings. The van der Waals surface area contributed by atoms with Crippen LogP contribution in [0.25, 0.3) is 22.2 Å². The van der Waals surface area contributed by atoms with Crippen LogP contribution in [-0.2, 0) is 15.7 Å². The molecule has 7 atom stereocenters. The van der Waals surface area contributed by atoms with E-state index in [1.165, 1.54) is 0 Å². The molecule has 56 heavy (non-hydrogen) atoms. The Morgan fingerprint density at radius 1 is 1.05 bits per heavy atom. The van der Waals surface area contributed by atoms with Gasteiger partial charge >= 0.3 is 24.6 Å². The monoisotopic (exact) mass is 823 g/mol. The van der Waals surface area contributed by atoms with E-state index >= 15 is 4.39 Å². The maximum absolute atomic E-state index is 17.0. The number of piperazine rings is 1. The average molecular weight is 824 g/mol. The number of nitrogens with two attached hydrogens (primary N) is 1. The first-order valence-corrected chi connectivity index (χ1v) is 18.1. The van der Waals surface area contributed by atoms with E-state index in [4.69, 9.17) is 31.5 Å². The quantitative estimate of drug-likeness (QED) is 0.205. The van der Waals surface area contributed by atoms with Gasteiger partial charge in [-0.05, 0) is 67.0 Å². The molecule has 0 saturated carbocycles. The Labute approximate surface area is 320 Å². The summed E-state index contributed by atoms with van der Waals surface area (Å²) in [5.74, 6) is -3.31. The SMILES string of the molecule is C[C@@H]1Oc2nc(-c3cc(N)c(F)c(Cl)c3C(F)(F)F)c(F)c3nc(O[C@@H](C)[C@@H]4C[C@@H](OC(F)(F)F)CN4C)nc(c23)N2C[C@H]3CC[C@@H]([C@@H]12)N3C(=O)OC(C)(C)C. The van der Waals surface area contributed by atoms with Crippen LogP contribution in [0.3, 0.4) is 0 Å². The fourth-order valence-corrected chi connectivity index (χ4v) is 8.73. The second-order valence-electron chi connectivity index (χ2n) is 15.6. The predicted molar refractivity (Wildman–Crippen MR) is 185 cm³/mol. The highest BCUT2D eigenvalue weighted by atomic mass is 35.5. The number of halogens is 9. The van der Waals surface area contributed by atoms with Gasteiger partial charge in [0.1, 0.15) is 40.2 Å². The Morgan fingerprint density at radius 3 is 2.39 bits per heavy atom. The van der Waals surface area contributed by atoms with E-state index in [2.05, 4.69) is 19.7 Å². The zero-order valence-corrected chi connectivity index (χ0v) is 31.6. The lowest BCUT2D eigenvalue weighted by Crippen LogP contribution is -2.65. The number of likely N-dealkylation sites (tertiary alicyclic amines) is 1. The van der Waals surface area contributed by atoms with E-state index in [1.807, 2.05) is 0 Å². The van der Waals surface area contributed by atoms with Gasteiger partial charge in [0.2, 0.25) is 5.88 Å². The molecule has 2 bridgehead atoms. The number of carbonyl (C=O) groups is 1. The number of hydrogen-bond donors (Lipinski definition) is 1. The summed E-state index contributed by atoms with van der Waals surface area (Å²) in [6.45, 7) is 8.45. The van der Waals surface area contributed by atoms with Gasteiger partial charge in [-0.3, -0.25) is 14.5 Å². The van der Waals surface area contributed by atoms with Crippen LogP contribution in [0.2, 0.25) is 5.02 Å². The minimum absolute atomic E-state index is 0.0333. The molecule has 1 aromatic carbocycles. The minimum Gasteiger partial charge on any atom is -0.472 e. The van der Waals surface area contributed by atoms with Crippen molar-refractivity contribution in [3.8, 4) is 23.1 Å². The molecule has 21 heteroatoms. The molecule has 306 valence electrons. The average Bonchev–Trinajstić information content (AvgIpc) is 3.54. The number of nitrogens with zero attached hydrogens (tertiary/aromatic N) is 6. The molecule has 7 rings (SSSR count). The van der Waals surface area contributed by atoms with Gasteiger partial charge in [-0.1, -0.05) is 11.6 Å². The zero-order valence-electron chi connectivity index (χ0n) is 30.9. The Balaban J connectivity index is 1.39. The Kier molecular flexibility index (Phi) is 9.83. The van der Waals surface area contributed by atoms with Crippen molar-refractivity contribution in [1.82, 2.24) is 24.8 Å². The van der Waals surface area contributed by atoms with Gasteiger partial charge in [-0.15, -0.1) is 13.2 Å². The summed E-state index contributed by atoms with van der Waals surface area (Å²) in [6.07, 6.45) is -12.7. The Hall–Kier alpha value is -4.17. The molecule has 4 aliphatic heterocycles. The first-order valence-electron chi connectivity index (χ1n) is 17.8. The van der Waals surface area contributed by atoms with Crippen LogP contribution in [0.1, 0.15) is 59.4 Å². The molecule has 0 radical (unpaired) electrons. The van der Waals surface area contributed by atoms with Crippen molar-refractivity contribution in [2.24, 2.45) is 0 Å².